The van der Waals surface area contributed by atoms with Crippen LogP contribution < -0.4 is 0 Å². The van der Waals surface area contributed by atoms with Gasteiger partial charge in [-0.1, -0.05) is 29.3 Å². The molecular formula is C15H16O3S. The molecule has 1 aromatic heterocycles. The number of carboxylic acid groups (broad SMARTS) is 1. The number of rotatable bonds is 5. The third-order valence-electron chi connectivity index (χ3n) is 2.67. The molecule has 0 saturated carbocycles. The van der Waals surface area contributed by atoms with E-state index in [1.807, 2.05) is 0 Å². The average molecular weight is 276 g/mol. The molecule has 0 saturated heterocycles. The van der Waals surface area contributed by atoms with E-state index >= 15 is 0 Å². The molecule has 4 heteroatoms. The van der Waals surface area contributed by atoms with Crippen molar-refractivity contribution in [2.45, 2.75) is 25.4 Å². The minimum atomic E-state index is -1.02. The van der Waals surface area contributed by atoms with E-state index in [0.717, 1.165) is 5.75 Å². The number of carboxylic acids is 1. The van der Waals surface area contributed by atoms with Crippen molar-refractivity contribution in [2.75, 3.05) is 0 Å². The summed E-state index contributed by atoms with van der Waals surface area (Å²) in [5.74, 6) is 1.26. The second kappa shape index (κ2) is 5.97. The molecule has 0 spiro atoms. The highest BCUT2D eigenvalue weighted by molar-refractivity contribution is 7.97. The van der Waals surface area contributed by atoms with Gasteiger partial charge in [0, 0.05) is 5.75 Å². The predicted molar refractivity (Wildman–Crippen MR) is 76.6 cm³/mol. The lowest BCUT2D eigenvalue weighted by Crippen LogP contribution is -1.91. The van der Waals surface area contributed by atoms with Gasteiger partial charge in [0.2, 0.25) is 5.76 Å². The average Bonchev–Trinajstić information content (AvgIpc) is 2.76. The number of hydrogen-bond donors (Lipinski definition) is 1. The third kappa shape index (κ3) is 3.89. The van der Waals surface area contributed by atoms with Crippen LogP contribution in [0.25, 0.3) is 0 Å². The number of hydrogen-bond acceptors (Lipinski definition) is 3. The first-order valence-corrected chi connectivity index (χ1v) is 7.17. The summed E-state index contributed by atoms with van der Waals surface area (Å²) in [4.78, 5) is 10.7. The zero-order valence-electron chi connectivity index (χ0n) is 11.0. The van der Waals surface area contributed by atoms with E-state index in [-0.39, 0.29) is 5.76 Å². The summed E-state index contributed by atoms with van der Waals surface area (Å²) < 4.78 is 5.21. The van der Waals surface area contributed by atoms with Gasteiger partial charge in [-0.2, -0.15) is 0 Å². The summed E-state index contributed by atoms with van der Waals surface area (Å²) in [5.41, 5.74) is 3.82. The van der Waals surface area contributed by atoms with E-state index in [0.29, 0.717) is 11.5 Å². The SMILES string of the molecule is Cc1cc(C)cc(CSCc2ccc(C(=O)O)o2)c1. The van der Waals surface area contributed by atoms with E-state index in [4.69, 9.17) is 9.52 Å². The van der Waals surface area contributed by atoms with Gasteiger partial charge in [0.25, 0.3) is 0 Å². The molecule has 19 heavy (non-hydrogen) atoms. The van der Waals surface area contributed by atoms with Crippen LogP contribution in [-0.4, -0.2) is 11.1 Å². The topological polar surface area (TPSA) is 50.4 Å². The quantitative estimate of drug-likeness (QED) is 0.895. The third-order valence-corrected chi connectivity index (χ3v) is 3.69. The zero-order valence-corrected chi connectivity index (χ0v) is 11.8. The van der Waals surface area contributed by atoms with E-state index in [2.05, 4.69) is 32.0 Å². The fourth-order valence-electron chi connectivity index (χ4n) is 1.99. The maximum absolute atomic E-state index is 10.7. The Morgan fingerprint density at radius 3 is 2.42 bits per heavy atom. The molecule has 0 bridgehead atoms. The van der Waals surface area contributed by atoms with Crippen molar-refractivity contribution in [3.05, 3.63) is 58.5 Å². The minimum Gasteiger partial charge on any atom is -0.475 e. The molecule has 0 amide bonds. The van der Waals surface area contributed by atoms with Crippen LogP contribution in [0.2, 0.25) is 0 Å². The summed E-state index contributed by atoms with van der Waals surface area (Å²) >= 11 is 1.72. The Morgan fingerprint density at radius 2 is 1.84 bits per heavy atom. The van der Waals surface area contributed by atoms with Crippen molar-refractivity contribution < 1.29 is 14.3 Å². The van der Waals surface area contributed by atoms with Gasteiger partial charge < -0.3 is 9.52 Å². The highest BCUT2D eigenvalue weighted by atomic mass is 32.2. The van der Waals surface area contributed by atoms with Crippen molar-refractivity contribution in [1.29, 1.82) is 0 Å². The van der Waals surface area contributed by atoms with Crippen molar-refractivity contribution in [3.8, 4) is 0 Å². The van der Waals surface area contributed by atoms with Crippen LogP contribution >= 0.6 is 11.8 Å². The first kappa shape index (κ1) is 13.7. The smallest absolute Gasteiger partial charge is 0.371 e. The molecule has 0 aliphatic heterocycles. The molecule has 2 aromatic rings. The van der Waals surface area contributed by atoms with E-state index in [1.165, 1.54) is 22.8 Å². The number of thioether (sulfide) groups is 1. The monoisotopic (exact) mass is 276 g/mol. The molecule has 0 aliphatic rings. The van der Waals surface area contributed by atoms with Crippen LogP contribution in [0, 0.1) is 13.8 Å². The lowest BCUT2D eigenvalue weighted by Gasteiger charge is -2.04. The second-order valence-electron chi connectivity index (χ2n) is 4.56. The highest BCUT2D eigenvalue weighted by Crippen LogP contribution is 2.21. The molecule has 1 heterocycles. The van der Waals surface area contributed by atoms with Gasteiger partial charge in [-0.3, -0.25) is 0 Å². The number of furan rings is 1. The van der Waals surface area contributed by atoms with E-state index in [1.54, 1.807) is 17.8 Å². The van der Waals surface area contributed by atoms with Gasteiger partial charge in [0.05, 0.1) is 5.75 Å². The largest absolute Gasteiger partial charge is 0.475 e. The molecule has 0 radical (unpaired) electrons. The molecule has 3 nitrogen and oxygen atoms in total. The molecular weight excluding hydrogens is 260 g/mol. The van der Waals surface area contributed by atoms with Crippen LogP contribution in [0.5, 0.6) is 0 Å². The van der Waals surface area contributed by atoms with Gasteiger partial charge in [-0.15, -0.1) is 11.8 Å². The Morgan fingerprint density at radius 1 is 1.16 bits per heavy atom. The molecule has 2 rings (SSSR count). The summed E-state index contributed by atoms with van der Waals surface area (Å²) in [6.07, 6.45) is 0. The van der Waals surface area contributed by atoms with Crippen LogP contribution in [0.4, 0.5) is 0 Å². The van der Waals surface area contributed by atoms with E-state index < -0.39 is 5.97 Å². The molecule has 0 atom stereocenters. The van der Waals surface area contributed by atoms with Crippen molar-refractivity contribution >= 4 is 17.7 Å². The normalized spacial score (nSPS) is 10.6. The minimum absolute atomic E-state index is 0.00185. The van der Waals surface area contributed by atoms with Crippen LogP contribution in [0.15, 0.2) is 34.7 Å². The predicted octanol–water partition coefficient (Wildman–Crippen LogP) is 4.03. The Balaban J connectivity index is 1.90. The standard InChI is InChI=1S/C15H16O3S/c1-10-5-11(2)7-12(6-10)8-19-9-13-3-4-14(18-13)15(16)17/h3-7H,8-9H2,1-2H3,(H,16,17). The number of aryl methyl sites for hydroxylation is 2. The molecule has 0 unspecified atom stereocenters. The summed E-state index contributed by atoms with van der Waals surface area (Å²) in [6.45, 7) is 4.18. The summed E-state index contributed by atoms with van der Waals surface area (Å²) in [5, 5.41) is 8.76. The van der Waals surface area contributed by atoms with Crippen LogP contribution in [-0.2, 0) is 11.5 Å². The highest BCUT2D eigenvalue weighted by Gasteiger charge is 2.08. The summed E-state index contributed by atoms with van der Waals surface area (Å²) in [7, 11) is 0. The lowest BCUT2D eigenvalue weighted by atomic mass is 10.1. The summed E-state index contributed by atoms with van der Waals surface area (Å²) in [6, 6.07) is 9.71. The number of benzene rings is 1. The fraction of sp³-hybridized carbons (Fsp3) is 0.267. The first-order chi connectivity index (χ1) is 9.04. The maximum Gasteiger partial charge on any atom is 0.371 e. The lowest BCUT2D eigenvalue weighted by molar-refractivity contribution is 0.0661. The Bertz CT molecular complexity index is 567. The van der Waals surface area contributed by atoms with Crippen molar-refractivity contribution in [3.63, 3.8) is 0 Å². The molecule has 0 aliphatic carbocycles. The molecule has 1 aromatic carbocycles. The van der Waals surface area contributed by atoms with Crippen molar-refractivity contribution in [1.82, 2.24) is 0 Å². The van der Waals surface area contributed by atoms with Crippen LogP contribution in [0.1, 0.15) is 33.0 Å². The van der Waals surface area contributed by atoms with Gasteiger partial charge in [0.15, 0.2) is 0 Å². The van der Waals surface area contributed by atoms with Gasteiger partial charge in [-0.05, 0) is 31.5 Å². The maximum atomic E-state index is 10.7. The molecule has 100 valence electrons. The van der Waals surface area contributed by atoms with Crippen molar-refractivity contribution in [2.24, 2.45) is 0 Å². The fourth-order valence-corrected chi connectivity index (χ4v) is 2.85. The van der Waals surface area contributed by atoms with E-state index in [9.17, 15) is 4.79 Å². The zero-order chi connectivity index (χ0) is 13.8. The van der Waals surface area contributed by atoms with Gasteiger partial charge in [-0.25, -0.2) is 4.79 Å². The Labute approximate surface area is 116 Å². The van der Waals surface area contributed by atoms with Crippen LogP contribution in [0.3, 0.4) is 0 Å². The molecule has 1 N–H and O–H groups in total. The number of carbonyl (C=O) groups is 1. The number of aromatic carboxylic acids is 1. The van der Waals surface area contributed by atoms with Gasteiger partial charge >= 0.3 is 5.97 Å². The van der Waals surface area contributed by atoms with Gasteiger partial charge in [0.1, 0.15) is 5.76 Å². The first-order valence-electron chi connectivity index (χ1n) is 6.01. The Hall–Kier alpha value is -1.68. The second-order valence-corrected chi connectivity index (χ2v) is 5.55. The molecule has 0 fully saturated rings. The Kier molecular flexibility index (Phi) is 4.32.